The van der Waals surface area contributed by atoms with Crippen molar-refractivity contribution in [2.45, 2.75) is 25.4 Å². The van der Waals surface area contributed by atoms with Crippen LogP contribution in [-0.2, 0) is 11.2 Å². The highest BCUT2D eigenvalue weighted by Crippen LogP contribution is 2.33. The van der Waals surface area contributed by atoms with Crippen LogP contribution >= 0.6 is 0 Å². The molecule has 96 valence electrons. The van der Waals surface area contributed by atoms with Gasteiger partial charge in [0.15, 0.2) is 0 Å². The van der Waals surface area contributed by atoms with Crippen LogP contribution in [0.2, 0.25) is 0 Å². The van der Waals surface area contributed by atoms with Crippen molar-refractivity contribution in [2.24, 2.45) is 5.92 Å². The van der Waals surface area contributed by atoms with E-state index in [1.807, 2.05) is 12.1 Å². The molecule has 3 rings (SSSR count). The molecule has 1 aliphatic heterocycles. The molecule has 1 aliphatic carbocycles. The van der Waals surface area contributed by atoms with Crippen molar-refractivity contribution in [1.82, 2.24) is 0 Å². The van der Waals surface area contributed by atoms with Gasteiger partial charge in [-0.05, 0) is 36.5 Å². The van der Waals surface area contributed by atoms with Gasteiger partial charge in [0, 0.05) is 12.2 Å². The highest BCUT2D eigenvalue weighted by molar-refractivity contribution is 6.00. The van der Waals surface area contributed by atoms with E-state index in [9.17, 15) is 9.90 Å². The Bertz CT molecular complexity index is 495. The van der Waals surface area contributed by atoms with Crippen LogP contribution in [0.1, 0.15) is 18.4 Å². The van der Waals surface area contributed by atoms with Gasteiger partial charge in [-0.25, -0.2) is 0 Å². The van der Waals surface area contributed by atoms with E-state index in [2.05, 4.69) is 10.6 Å². The Balaban J connectivity index is 1.69. The highest BCUT2D eigenvalue weighted by Gasteiger charge is 2.27. The van der Waals surface area contributed by atoms with Gasteiger partial charge in [-0.2, -0.15) is 0 Å². The first-order valence-electron chi connectivity index (χ1n) is 6.26. The Morgan fingerprint density at radius 3 is 2.94 bits per heavy atom. The number of anilines is 3. The number of aliphatic hydroxyl groups excluding tert-OH is 1. The van der Waals surface area contributed by atoms with Crippen LogP contribution in [0.25, 0.3) is 0 Å². The van der Waals surface area contributed by atoms with E-state index in [-0.39, 0.29) is 12.0 Å². The van der Waals surface area contributed by atoms with E-state index < -0.39 is 0 Å². The van der Waals surface area contributed by atoms with Gasteiger partial charge in [-0.3, -0.25) is 4.79 Å². The van der Waals surface area contributed by atoms with Crippen LogP contribution < -0.4 is 16.4 Å². The van der Waals surface area contributed by atoms with Crippen molar-refractivity contribution in [1.29, 1.82) is 0 Å². The highest BCUT2D eigenvalue weighted by atomic mass is 16.3. The molecule has 2 aliphatic rings. The first kappa shape index (κ1) is 11.3. The molecular formula is C13H17N3O2. The SMILES string of the molecule is Nc1cc2c(cc1NCC1CC(O)C1)NC(=O)C2. The fourth-order valence-electron chi connectivity index (χ4n) is 2.57. The van der Waals surface area contributed by atoms with Gasteiger partial charge in [0.2, 0.25) is 5.91 Å². The molecule has 5 heteroatoms. The predicted molar refractivity (Wildman–Crippen MR) is 70.4 cm³/mol. The molecule has 0 unspecified atom stereocenters. The zero-order valence-electron chi connectivity index (χ0n) is 10.1. The lowest BCUT2D eigenvalue weighted by Crippen LogP contribution is -2.33. The van der Waals surface area contributed by atoms with E-state index in [0.717, 1.165) is 36.3 Å². The van der Waals surface area contributed by atoms with Crippen LogP contribution in [0, 0.1) is 5.92 Å². The third-order valence-electron chi connectivity index (χ3n) is 3.69. The van der Waals surface area contributed by atoms with E-state index in [1.165, 1.54) is 0 Å². The minimum Gasteiger partial charge on any atom is -0.397 e. The van der Waals surface area contributed by atoms with Gasteiger partial charge in [0.25, 0.3) is 0 Å². The summed E-state index contributed by atoms with van der Waals surface area (Å²) in [5.41, 5.74) is 9.30. The quantitative estimate of drug-likeness (QED) is 0.599. The van der Waals surface area contributed by atoms with Gasteiger partial charge >= 0.3 is 0 Å². The monoisotopic (exact) mass is 247 g/mol. The molecule has 0 radical (unpaired) electrons. The second-order valence-corrected chi connectivity index (χ2v) is 5.19. The van der Waals surface area contributed by atoms with Crippen LogP contribution in [0.5, 0.6) is 0 Å². The number of nitrogen functional groups attached to an aromatic ring is 1. The number of fused-ring (bicyclic) bond motifs is 1. The van der Waals surface area contributed by atoms with Crippen LogP contribution in [0.3, 0.4) is 0 Å². The molecule has 0 aromatic heterocycles. The summed E-state index contributed by atoms with van der Waals surface area (Å²) in [7, 11) is 0. The minimum absolute atomic E-state index is 0.0173. The van der Waals surface area contributed by atoms with E-state index >= 15 is 0 Å². The van der Waals surface area contributed by atoms with E-state index in [4.69, 9.17) is 5.73 Å². The number of amides is 1. The number of aliphatic hydroxyl groups is 1. The molecule has 0 atom stereocenters. The number of benzene rings is 1. The number of nitrogens with one attached hydrogen (secondary N) is 2. The van der Waals surface area contributed by atoms with E-state index in [0.29, 0.717) is 18.0 Å². The first-order valence-corrected chi connectivity index (χ1v) is 6.26. The molecule has 0 bridgehead atoms. The molecule has 1 aromatic rings. The molecule has 1 amide bonds. The molecule has 5 N–H and O–H groups in total. The number of hydrogen-bond acceptors (Lipinski definition) is 4. The van der Waals surface area contributed by atoms with Crippen molar-refractivity contribution >= 4 is 23.0 Å². The third kappa shape index (κ3) is 2.01. The van der Waals surface area contributed by atoms with Crippen molar-refractivity contribution in [2.75, 3.05) is 22.9 Å². The second-order valence-electron chi connectivity index (χ2n) is 5.19. The number of nitrogens with two attached hydrogens (primary N) is 1. The average Bonchev–Trinajstić information content (AvgIpc) is 2.62. The zero-order chi connectivity index (χ0) is 12.7. The maximum Gasteiger partial charge on any atom is 0.228 e. The summed E-state index contributed by atoms with van der Waals surface area (Å²) in [6.45, 7) is 0.813. The molecule has 5 nitrogen and oxygen atoms in total. The van der Waals surface area contributed by atoms with E-state index in [1.54, 1.807) is 0 Å². The lowest BCUT2D eigenvalue weighted by molar-refractivity contribution is -0.115. The number of carbonyl (C=O) groups excluding carboxylic acids is 1. The van der Waals surface area contributed by atoms with Crippen LogP contribution in [-0.4, -0.2) is 23.7 Å². The minimum atomic E-state index is -0.131. The molecule has 1 aromatic carbocycles. The Labute approximate surface area is 105 Å². The zero-order valence-corrected chi connectivity index (χ0v) is 10.1. The largest absolute Gasteiger partial charge is 0.397 e. The van der Waals surface area contributed by atoms with Crippen molar-refractivity contribution < 1.29 is 9.90 Å². The summed E-state index contributed by atoms with van der Waals surface area (Å²) >= 11 is 0. The third-order valence-corrected chi connectivity index (χ3v) is 3.69. The lowest BCUT2D eigenvalue weighted by Gasteiger charge is -2.31. The molecule has 1 saturated carbocycles. The molecule has 0 spiro atoms. The Kier molecular flexibility index (Phi) is 2.63. The standard InChI is InChI=1S/C13H17N3O2/c14-10-3-8-4-13(18)16-11(8)5-12(10)15-6-7-1-9(17)2-7/h3,5,7,9,15,17H,1-2,4,6,14H2,(H,16,18). The molecule has 0 saturated heterocycles. The van der Waals surface area contributed by atoms with Gasteiger partial charge < -0.3 is 21.5 Å². The molecule has 18 heavy (non-hydrogen) atoms. The first-order chi connectivity index (χ1) is 8.61. The van der Waals surface area contributed by atoms with Gasteiger partial charge in [0.1, 0.15) is 0 Å². The number of hydrogen-bond donors (Lipinski definition) is 4. The van der Waals surface area contributed by atoms with Crippen molar-refractivity contribution in [3.8, 4) is 0 Å². The average molecular weight is 247 g/mol. The van der Waals surface area contributed by atoms with Gasteiger partial charge in [0.05, 0.1) is 23.9 Å². The lowest BCUT2D eigenvalue weighted by atomic mass is 9.82. The number of rotatable bonds is 3. The van der Waals surface area contributed by atoms with Crippen LogP contribution in [0.4, 0.5) is 17.1 Å². The predicted octanol–water partition coefficient (Wildman–Crippen LogP) is 0.946. The Hall–Kier alpha value is -1.75. The molecule has 1 fully saturated rings. The molecule has 1 heterocycles. The fraction of sp³-hybridized carbons (Fsp3) is 0.462. The Morgan fingerprint density at radius 2 is 2.22 bits per heavy atom. The topological polar surface area (TPSA) is 87.4 Å². The maximum atomic E-state index is 11.3. The second kappa shape index (κ2) is 4.17. The number of carbonyl (C=O) groups is 1. The van der Waals surface area contributed by atoms with Crippen molar-refractivity contribution in [3.05, 3.63) is 17.7 Å². The summed E-state index contributed by atoms with van der Waals surface area (Å²) < 4.78 is 0. The maximum absolute atomic E-state index is 11.3. The van der Waals surface area contributed by atoms with Gasteiger partial charge in [-0.15, -0.1) is 0 Å². The Morgan fingerprint density at radius 1 is 1.44 bits per heavy atom. The molecular weight excluding hydrogens is 230 g/mol. The summed E-state index contributed by atoms with van der Waals surface area (Å²) in [5.74, 6) is 0.533. The normalized spacial score (nSPS) is 25.3. The summed E-state index contributed by atoms with van der Waals surface area (Å²) in [4.78, 5) is 11.3. The van der Waals surface area contributed by atoms with Crippen LogP contribution in [0.15, 0.2) is 12.1 Å². The fourth-order valence-corrected chi connectivity index (χ4v) is 2.57. The smallest absolute Gasteiger partial charge is 0.228 e. The summed E-state index contributed by atoms with van der Waals surface area (Å²) in [6, 6.07) is 3.75. The van der Waals surface area contributed by atoms with Gasteiger partial charge in [-0.1, -0.05) is 0 Å². The summed E-state index contributed by atoms with van der Waals surface area (Å²) in [5, 5.41) is 15.3. The van der Waals surface area contributed by atoms with Crippen molar-refractivity contribution in [3.63, 3.8) is 0 Å². The summed E-state index contributed by atoms with van der Waals surface area (Å²) in [6.07, 6.45) is 1.99.